The van der Waals surface area contributed by atoms with Crippen LogP contribution in [0.2, 0.25) is 0 Å². The van der Waals surface area contributed by atoms with Crippen LogP contribution in [-0.2, 0) is 0 Å². The van der Waals surface area contributed by atoms with Crippen LogP contribution in [0.5, 0.6) is 0 Å². The van der Waals surface area contributed by atoms with Crippen molar-refractivity contribution in [1.82, 2.24) is 30.4 Å². The Labute approximate surface area is 155 Å². The number of nitrogens with one attached hydrogen (secondary N) is 1. The summed E-state index contributed by atoms with van der Waals surface area (Å²) in [6.45, 7) is 3.32. The molecule has 9 nitrogen and oxygen atoms in total. The van der Waals surface area contributed by atoms with Crippen molar-refractivity contribution >= 4 is 11.7 Å². The Hall–Kier alpha value is -3.36. The van der Waals surface area contributed by atoms with Crippen LogP contribution < -0.4 is 10.2 Å². The molecule has 4 rings (SSSR count). The van der Waals surface area contributed by atoms with Gasteiger partial charge in [0.05, 0.1) is 11.8 Å². The van der Waals surface area contributed by atoms with Gasteiger partial charge in [-0.05, 0) is 31.9 Å². The number of aryl methyl sites for hydroxylation is 1. The van der Waals surface area contributed by atoms with E-state index in [1.165, 1.54) is 12.4 Å². The Morgan fingerprint density at radius 3 is 2.78 bits per heavy atom. The normalized spacial score (nSPS) is 14.9. The van der Waals surface area contributed by atoms with Crippen LogP contribution >= 0.6 is 0 Å². The molecule has 0 atom stereocenters. The largest absolute Gasteiger partial charge is 0.356 e. The standard InChI is InChI=1S/C18H19N7O2/c1-12-22-18(27-24-12)14-3-2-6-21-16(14)25-9-4-13(5-10-25)23-17(26)15-11-19-7-8-20-15/h2-3,6-8,11,13H,4-5,9-10H2,1H3,(H,23,26). The summed E-state index contributed by atoms with van der Waals surface area (Å²) in [6.07, 6.45) is 7.90. The lowest BCUT2D eigenvalue weighted by molar-refractivity contribution is 0.0925. The molecule has 0 bridgehead atoms. The fourth-order valence-electron chi connectivity index (χ4n) is 3.13. The zero-order valence-corrected chi connectivity index (χ0v) is 14.9. The van der Waals surface area contributed by atoms with Gasteiger partial charge in [0.15, 0.2) is 5.82 Å². The maximum absolute atomic E-state index is 12.2. The Bertz CT molecular complexity index is 920. The van der Waals surface area contributed by atoms with Gasteiger partial charge in [0.1, 0.15) is 11.5 Å². The summed E-state index contributed by atoms with van der Waals surface area (Å²) in [7, 11) is 0. The molecule has 1 N–H and O–H groups in total. The maximum Gasteiger partial charge on any atom is 0.271 e. The van der Waals surface area contributed by atoms with Crippen LogP contribution in [0.1, 0.15) is 29.2 Å². The van der Waals surface area contributed by atoms with Crippen LogP contribution in [0.25, 0.3) is 11.5 Å². The van der Waals surface area contributed by atoms with Gasteiger partial charge in [0.25, 0.3) is 11.8 Å². The number of rotatable bonds is 4. The molecule has 0 unspecified atom stereocenters. The van der Waals surface area contributed by atoms with Crippen LogP contribution in [0.3, 0.4) is 0 Å². The molecule has 27 heavy (non-hydrogen) atoms. The molecule has 9 heteroatoms. The van der Waals surface area contributed by atoms with E-state index in [0.717, 1.165) is 37.3 Å². The highest BCUT2D eigenvalue weighted by atomic mass is 16.5. The molecule has 0 spiro atoms. The minimum atomic E-state index is -0.193. The van der Waals surface area contributed by atoms with Crippen LogP contribution in [0.4, 0.5) is 5.82 Å². The first-order valence-corrected chi connectivity index (χ1v) is 8.78. The minimum absolute atomic E-state index is 0.0913. The summed E-state index contributed by atoms with van der Waals surface area (Å²) in [6, 6.07) is 3.87. The summed E-state index contributed by atoms with van der Waals surface area (Å²) in [5.41, 5.74) is 1.15. The lowest BCUT2D eigenvalue weighted by Crippen LogP contribution is -2.45. The molecular weight excluding hydrogens is 346 g/mol. The van der Waals surface area contributed by atoms with E-state index in [4.69, 9.17) is 4.52 Å². The smallest absolute Gasteiger partial charge is 0.271 e. The average molecular weight is 365 g/mol. The monoisotopic (exact) mass is 365 g/mol. The summed E-state index contributed by atoms with van der Waals surface area (Å²) >= 11 is 0. The molecule has 4 heterocycles. The number of pyridine rings is 1. The molecule has 0 saturated carbocycles. The molecule has 0 aromatic carbocycles. The zero-order chi connectivity index (χ0) is 18.6. The van der Waals surface area contributed by atoms with Crippen molar-refractivity contribution in [2.24, 2.45) is 0 Å². The first-order chi connectivity index (χ1) is 13.2. The average Bonchev–Trinajstić information content (AvgIpc) is 3.15. The van der Waals surface area contributed by atoms with Gasteiger partial charge in [-0.25, -0.2) is 9.97 Å². The number of piperidine rings is 1. The number of amides is 1. The SMILES string of the molecule is Cc1noc(-c2cccnc2N2CCC(NC(=O)c3cnccn3)CC2)n1. The number of carbonyl (C=O) groups excluding carboxylic acids is 1. The molecule has 0 radical (unpaired) electrons. The summed E-state index contributed by atoms with van der Waals surface area (Å²) in [5, 5.41) is 6.89. The van der Waals surface area contributed by atoms with E-state index in [1.54, 1.807) is 19.3 Å². The zero-order valence-electron chi connectivity index (χ0n) is 14.9. The van der Waals surface area contributed by atoms with Crippen molar-refractivity contribution in [2.75, 3.05) is 18.0 Å². The summed E-state index contributed by atoms with van der Waals surface area (Å²) in [5.74, 6) is 1.68. The number of hydrogen-bond donors (Lipinski definition) is 1. The van der Waals surface area contributed by atoms with E-state index in [2.05, 4.69) is 35.3 Å². The van der Waals surface area contributed by atoms with E-state index >= 15 is 0 Å². The highest BCUT2D eigenvalue weighted by Gasteiger charge is 2.25. The van der Waals surface area contributed by atoms with Crippen LogP contribution in [0, 0.1) is 6.92 Å². The van der Waals surface area contributed by atoms with Gasteiger partial charge in [-0.15, -0.1) is 0 Å². The van der Waals surface area contributed by atoms with Gasteiger partial charge in [0.2, 0.25) is 0 Å². The topological polar surface area (TPSA) is 110 Å². The number of aromatic nitrogens is 5. The molecule has 138 valence electrons. The van der Waals surface area contributed by atoms with Crippen molar-refractivity contribution in [3.05, 3.63) is 48.4 Å². The quantitative estimate of drug-likeness (QED) is 0.743. The molecule has 1 aliphatic rings. The molecule has 3 aromatic rings. The van der Waals surface area contributed by atoms with Gasteiger partial charge in [-0.1, -0.05) is 5.16 Å². The molecule has 1 aliphatic heterocycles. The first kappa shape index (κ1) is 17.1. The van der Waals surface area contributed by atoms with E-state index in [-0.39, 0.29) is 11.9 Å². The second-order valence-electron chi connectivity index (χ2n) is 6.35. The second-order valence-corrected chi connectivity index (χ2v) is 6.35. The fourth-order valence-corrected chi connectivity index (χ4v) is 3.13. The van der Waals surface area contributed by atoms with Gasteiger partial charge >= 0.3 is 0 Å². The predicted octanol–water partition coefficient (Wildman–Crippen LogP) is 1.63. The van der Waals surface area contributed by atoms with Gasteiger partial charge in [0, 0.05) is 37.7 Å². The first-order valence-electron chi connectivity index (χ1n) is 8.78. The van der Waals surface area contributed by atoms with Gasteiger partial charge < -0.3 is 14.7 Å². The lowest BCUT2D eigenvalue weighted by Gasteiger charge is -2.33. The summed E-state index contributed by atoms with van der Waals surface area (Å²) in [4.78, 5) is 31.2. The van der Waals surface area contributed by atoms with Crippen LogP contribution in [-0.4, -0.2) is 50.1 Å². The molecule has 0 aliphatic carbocycles. The van der Waals surface area contributed by atoms with E-state index in [1.807, 2.05) is 12.1 Å². The maximum atomic E-state index is 12.2. The third-order valence-electron chi connectivity index (χ3n) is 4.47. The van der Waals surface area contributed by atoms with Gasteiger partial charge in [-0.3, -0.25) is 9.78 Å². The van der Waals surface area contributed by atoms with Crippen molar-refractivity contribution in [2.45, 2.75) is 25.8 Å². The Balaban J connectivity index is 1.42. The summed E-state index contributed by atoms with van der Waals surface area (Å²) < 4.78 is 5.31. The molecule has 1 amide bonds. The Morgan fingerprint density at radius 1 is 1.22 bits per heavy atom. The van der Waals surface area contributed by atoms with Crippen molar-refractivity contribution in [3.8, 4) is 11.5 Å². The van der Waals surface area contributed by atoms with E-state index < -0.39 is 0 Å². The molecule has 3 aromatic heterocycles. The molecule has 1 saturated heterocycles. The van der Waals surface area contributed by atoms with Crippen molar-refractivity contribution in [1.29, 1.82) is 0 Å². The third-order valence-corrected chi connectivity index (χ3v) is 4.47. The highest BCUT2D eigenvalue weighted by Crippen LogP contribution is 2.29. The lowest BCUT2D eigenvalue weighted by atomic mass is 10.0. The third kappa shape index (κ3) is 3.76. The number of anilines is 1. The van der Waals surface area contributed by atoms with E-state index in [9.17, 15) is 4.79 Å². The van der Waals surface area contributed by atoms with Gasteiger partial charge in [-0.2, -0.15) is 4.98 Å². The van der Waals surface area contributed by atoms with E-state index in [0.29, 0.717) is 17.4 Å². The highest BCUT2D eigenvalue weighted by molar-refractivity contribution is 5.92. The molecular formula is C18H19N7O2. The Kier molecular flexibility index (Phi) is 4.73. The number of nitrogens with zero attached hydrogens (tertiary/aromatic N) is 6. The van der Waals surface area contributed by atoms with Crippen molar-refractivity contribution in [3.63, 3.8) is 0 Å². The predicted molar refractivity (Wildman–Crippen MR) is 97.0 cm³/mol. The Morgan fingerprint density at radius 2 is 2.07 bits per heavy atom. The number of hydrogen-bond acceptors (Lipinski definition) is 8. The fraction of sp³-hybridized carbons (Fsp3) is 0.333. The molecule has 1 fully saturated rings. The van der Waals surface area contributed by atoms with Crippen LogP contribution in [0.15, 0.2) is 41.4 Å². The van der Waals surface area contributed by atoms with Crippen molar-refractivity contribution < 1.29 is 9.32 Å². The second kappa shape index (κ2) is 7.48. The number of carbonyl (C=O) groups is 1. The minimum Gasteiger partial charge on any atom is -0.356 e.